The molecular weight excluding hydrogens is 221 g/mol. The molecule has 1 N–H and O–H groups in total. The Morgan fingerprint density at radius 1 is 1.29 bits per heavy atom. The molecule has 0 fully saturated rings. The highest BCUT2D eigenvalue weighted by molar-refractivity contribution is 6.42. The predicted octanol–water partition coefficient (Wildman–Crippen LogP) is 2.53. The lowest BCUT2D eigenvalue weighted by molar-refractivity contribution is 0.276. The Morgan fingerprint density at radius 3 is 2.50 bits per heavy atom. The van der Waals surface area contributed by atoms with Gasteiger partial charge in [0.2, 0.25) is 0 Å². The second-order valence-electron chi connectivity index (χ2n) is 3.07. The van der Waals surface area contributed by atoms with Crippen LogP contribution < -0.4 is 5.73 Å². The van der Waals surface area contributed by atoms with Crippen LogP contribution in [0.25, 0.3) is 0 Å². The van der Waals surface area contributed by atoms with E-state index in [0.29, 0.717) is 16.5 Å². The van der Waals surface area contributed by atoms with Crippen LogP contribution in [-0.4, -0.2) is 18.3 Å². The molecule has 1 atom stereocenters. The summed E-state index contributed by atoms with van der Waals surface area (Å²) >= 11 is 11.6. The van der Waals surface area contributed by atoms with Crippen LogP contribution in [0.4, 0.5) is 0 Å². The van der Waals surface area contributed by atoms with Gasteiger partial charge in [0, 0.05) is 19.1 Å². The van der Waals surface area contributed by atoms with Crippen LogP contribution in [0.3, 0.4) is 0 Å². The van der Waals surface area contributed by atoms with Gasteiger partial charge in [-0.25, -0.2) is 0 Å². The first-order chi connectivity index (χ1) is 6.69. The van der Waals surface area contributed by atoms with E-state index in [2.05, 4.69) is 0 Å². The van der Waals surface area contributed by atoms with Gasteiger partial charge in [-0.1, -0.05) is 29.3 Å². The zero-order valence-electron chi connectivity index (χ0n) is 7.58. The molecule has 0 aliphatic carbocycles. The summed E-state index contributed by atoms with van der Waals surface area (Å²) in [5.74, 6) is -0.0743. The highest BCUT2D eigenvalue weighted by atomic mass is 35.5. The molecule has 0 spiro atoms. The Hall–Kier alpha value is -0.280. The van der Waals surface area contributed by atoms with E-state index in [1.54, 1.807) is 12.1 Å². The van der Waals surface area contributed by atoms with Crippen LogP contribution in [0.1, 0.15) is 17.9 Å². The van der Waals surface area contributed by atoms with Crippen LogP contribution in [-0.2, 0) is 0 Å². The quantitative estimate of drug-likeness (QED) is 0.851. The van der Waals surface area contributed by atoms with Gasteiger partial charge < -0.3 is 5.11 Å². The number of nitrogens with zero attached hydrogens (tertiary/aromatic N) is 1. The highest BCUT2D eigenvalue weighted by Crippen LogP contribution is 2.27. The Bertz CT molecular complexity index is 304. The molecule has 1 rings (SSSR count). The predicted molar refractivity (Wildman–Crippen MR) is 57.9 cm³/mol. The number of aliphatic hydroxyl groups is 1. The molecule has 4 heteroatoms. The second-order valence-corrected chi connectivity index (χ2v) is 3.88. The standard InChI is InChI=1S/C10H11Cl2NO/c11-9-2-1-7(5-10(9)12)8(6-13)3-4-14/h1-2,5,8,14H,3-4,6H2. The lowest BCUT2D eigenvalue weighted by Gasteiger charge is -2.13. The number of hydrogen-bond donors (Lipinski definition) is 1. The Balaban J connectivity index is 2.88. The fraction of sp³-hybridized carbons (Fsp3) is 0.400. The second kappa shape index (κ2) is 5.56. The summed E-state index contributed by atoms with van der Waals surface area (Å²) < 4.78 is 0. The van der Waals surface area contributed by atoms with Gasteiger partial charge in [0.25, 0.3) is 0 Å². The van der Waals surface area contributed by atoms with Crippen LogP contribution in [0.2, 0.25) is 10.0 Å². The molecule has 0 amide bonds. The fourth-order valence-corrected chi connectivity index (χ4v) is 1.59. The van der Waals surface area contributed by atoms with Gasteiger partial charge in [-0.15, -0.1) is 5.73 Å². The summed E-state index contributed by atoms with van der Waals surface area (Å²) in [6, 6.07) is 5.23. The Kier molecular flexibility index (Phi) is 4.69. The monoisotopic (exact) mass is 231 g/mol. The van der Waals surface area contributed by atoms with Gasteiger partial charge in [0.1, 0.15) is 0 Å². The van der Waals surface area contributed by atoms with Gasteiger partial charge >= 0.3 is 0 Å². The van der Waals surface area contributed by atoms with Crippen molar-refractivity contribution in [3.8, 4) is 0 Å². The van der Waals surface area contributed by atoms with Crippen molar-refractivity contribution in [2.45, 2.75) is 12.3 Å². The van der Waals surface area contributed by atoms with E-state index in [1.165, 1.54) is 0 Å². The molecule has 1 aromatic carbocycles. The first-order valence-electron chi connectivity index (χ1n) is 4.35. The van der Waals surface area contributed by atoms with Gasteiger partial charge in [-0.05, 0) is 24.1 Å². The van der Waals surface area contributed by atoms with Crippen molar-refractivity contribution in [2.24, 2.45) is 0 Å². The van der Waals surface area contributed by atoms with Gasteiger partial charge in [-0.2, -0.15) is 0 Å². The smallest absolute Gasteiger partial charge is 0.0595 e. The van der Waals surface area contributed by atoms with Crippen LogP contribution in [0.15, 0.2) is 18.2 Å². The van der Waals surface area contributed by atoms with E-state index >= 15 is 0 Å². The molecule has 2 radical (unpaired) electrons. The molecule has 0 aliphatic rings. The van der Waals surface area contributed by atoms with E-state index in [4.69, 9.17) is 34.0 Å². The van der Waals surface area contributed by atoms with Gasteiger partial charge in [-0.3, -0.25) is 0 Å². The zero-order valence-corrected chi connectivity index (χ0v) is 9.09. The molecule has 1 aromatic rings. The molecule has 0 bridgehead atoms. The molecule has 0 aliphatic heterocycles. The van der Waals surface area contributed by atoms with E-state index in [9.17, 15) is 0 Å². The minimum Gasteiger partial charge on any atom is -0.396 e. The van der Waals surface area contributed by atoms with Crippen LogP contribution in [0.5, 0.6) is 0 Å². The van der Waals surface area contributed by atoms with E-state index < -0.39 is 0 Å². The number of halogens is 2. The molecule has 76 valence electrons. The summed E-state index contributed by atoms with van der Waals surface area (Å²) in [6.45, 7) is 0.0456. The Labute approximate surface area is 93.6 Å². The van der Waals surface area contributed by atoms with Crippen molar-refractivity contribution in [1.29, 1.82) is 0 Å². The van der Waals surface area contributed by atoms with Crippen LogP contribution >= 0.6 is 23.2 Å². The van der Waals surface area contributed by atoms with E-state index in [0.717, 1.165) is 5.56 Å². The third kappa shape index (κ3) is 2.85. The molecule has 0 saturated heterocycles. The zero-order chi connectivity index (χ0) is 10.6. The number of hydrogen-bond acceptors (Lipinski definition) is 1. The lowest BCUT2D eigenvalue weighted by atomic mass is 9.96. The normalized spacial score (nSPS) is 12.9. The van der Waals surface area contributed by atoms with Crippen molar-refractivity contribution >= 4 is 23.2 Å². The molecule has 0 heterocycles. The summed E-state index contributed by atoms with van der Waals surface area (Å²) in [6.07, 6.45) is 0.522. The maximum Gasteiger partial charge on any atom is 0.0595 e. The summed E-state index contributed by atoms with van der Waals surface area (Å²) in [5.41, 5.74) is 9.98. The van der Waals surface area contributed by atoms with E-state index in [1.807, 2.05) is 6.07 Å². The minimum atomic E-state index is -0.0743. The van der Waals surface area contributed by atoms with E-state index in [-0.39, 0.29) is 19.1 Å². The van der Waals surface area contributed by atoms with Crippen LogP contribution in [0, 0.1) is 0 Å². The molecule has 0 saturated carbocycles. The molecular formula is C10H11Cl2NO. The average molecular weight is 232 g/mol. The molecule has 2 nitrogen and oxygen atoms in total. The summed E-state index contributed by atoms with van der Waals surface area (Å²) in [5, 5.41) is 9.75. The fourth-order valence-electron chi connectivity index (χ4n) is 1.29. The largest absolute Gasteiger partial charge is 0.396 e. The number of benzene rings is 1. The lowest BCUT2D eigenvalue weighted by Crippen LogP contribution is -2.07. The maximum atomic E-state index is 9.08. The minimum absolute atomic E-state index is 0.00147. The number of aliphatic hydroxyl groups excluding tert-OH is 1. The van der Waals surface area contributed by atoms with Gasteiger partial charge in [0.15, 0.2) is 0 Å². The third-order valence-electron chi connectivity index (χ3n) is 2.11. The Morgan fingerprint density at radius 2 is 2.00 bits per heavy atom. The van der Waals surface area contributed by atoms with Crippen molar-refractivity contribution in [3.63, 3.8) is 0 Å². The van der Waals surface area contributed by atoms with Crippen molar-refractivity contribution < 1.29 is 5.11 Å². The first-order valence-corrected chi connectivity index (χ1v) is 5.11. The first kappa shape index (κ1) is 11.8. The summed E-state index contributed by atoms with van der Waals surface area (Å²) in [4.78, 5) is 0. The topological polar surface area (TPSA) is 42.5 Å². The SMILES string of the molecule is [N]CC(CCO)c1ccc(Cl)c(Cl)c1. The van der Waals surface area contributed by atoms with Gasteiger partial charge in [0.05, 0.1) is 10.0 Å². The molecule has 14 heavy (non-hydrogen) atoms. The summed E-state index contributed by atoms with van der Waals surface area (Å²) in [7, 11) is 0. The third-order valence-corrected chi connectivity index (χ3v) is 2.85. The number of rotatable bonds is 4. The van der Waals surface area contributed by atoms with Crippen molar-refractivity contribution in [2.75, 3.05) is 13.2 Å². The molecule has 1 unspecified atom stereocenters. The van der Waals surface area contributed by atoms with Crippen molar-refractivity contribution in [3.05, 3.63) is 33.8 Å². The average Bonchev–Trinajstić information content (AvgIpc) is 2.19. The maximum absolute atomic E-state index is 9.08. The highest BCUT2D eigenvalue weighted by Gasteiger charge is 2.11. The molecule has 0 aromatic heterocycles. The van der Waals surface area contributed by atoms with Crippen molar-refractivity contribution in [1.82, 2.24) is 5.73 Å².